The highest BCUT2D eigenvalue weighted by atomic mass is 19.2. The van der Waals surface area contributed by atoms with Crippen LogP contribution in [0, 0.1) is 11.6 Å². The molecule has 0 unspecified atom stereocenters. The maximum atomic E-state index is 14.0. The van der Waals surface area contributed by atoms with Crippen molar-refractivity contribution in [1.82, 2.24) is 9.88 Å². The van der Waals surface area contributed by atoms with Gasteiger partial charge in [-0.3, -0.25) is 4.79 Å². The highest BCUT2D eigenvalue weighted by Gasteiger charge is 2.26. The van der Waals surface area contributed by atoms with Crippen molar-refractivity contribution in [1.29, 1.82) is 0 Å². The average Bonchev–Trinajstić information content (AvgIpc) is 3.10. The highest BCUT2D eigenvalue weighted by Crippen LogP contribution is 2.25. The molecule has 118 valence electrons. The van der Waals surface area contributed by atoms with E-state index in [1.807, 2.05) is 0 Å². The fourth-order valence-electron chi connectivity index (χ4n) is 2.66. The molecule has 0 spiro atoms. The van der Waals surface area contributed by atoms with E-state index in [4.69, 9.17) is 4.42 Å². The van der Waals surface area contributed by atoms with Crippen molar-refractivity contribution in [2.75, 3.05) is 0 Å². The molecule has 1 aliphatic rings. The Kier molecular flexibility index (Phi) is 3.18. The van der Waals surface area contributed by atoms with Gasteiger partial charge in [-0.05, 0) is 18.9 Å². The van der Waals surface area contributed by atoms with Crippen LogP contribution in [0.15, 0.2) is 41.0 Å². The van der Waals surface area contributed by atoms with E-state index in [9.17, 15) is 13.6 Å². The summed E-state index contributed by atoms with van der Waals surface area (Å²) in [7, 11) is 0. The summed E-state index contributed by atoms with van der Waals surface area (Å²) in [5.74, 6) is -2.02. The van der Waals surface area contributed by atoms with Gasteiger partial charge in [-0.15, -0.1) is 0 Å². The fraction of sp³-hybridized carbons (Fsp3) is 0.235. The summed E-state index contributed by atoms with van der Waals surface area (Å²) >= 11 is 0. The van der Waals surface area contributed by atoms with E-state index in [0.29, 0.717) is 16.8 Å². The molecule has 0 bridgehead atoms. The van der Waals surface area contributed by atoms with Gasteiger partial charge in [0, 0.05) is 23.7 Å². The van der Waals surface area contributed by atoms with Gasteiger partial charge in [-0.25, -0.2) is 8.78 Å². The predicted octanol–water partition coefficient (Wildman–Crippen LogP) is 3.45. The molecule has 2 aromatic heterocycles. The molecule has 0 radical (unpaired) electrons. The van der Waals surface area contributed by atoms with Gasteiger partial charge in [0.05, 0.1) is 18.3 Å². The Bertz CT molecular complexity index is 893. The number of carbonyl (C=O) groups is 1. The third-order valence-electron chi connectivity index (χ3n) is 4.03. The van der Waals surface area contributed by atoms with Crippen molar-refractivity contribution in [3.8, 4) is 0 Å². The minimum atomic E-state index is -0.901. The molecule has 1 aliphatic carbocycles. The van der Waals surface area contributed by atoms with Crippen LogP contribution >= 0.6 is 0 Å². The first-order valence-corrected chi connectivity index (χ1v) is 7.44. The Morgan fingerprint density at radius 2 is 2.13 bits per heavy atom. The van der Waals surface area contributed by atoms with Crippen LogP contribution in [0.4, 0.5) is 8.78 Å². The number of benzene rings is 1. The number of carbonyl (C=O) groups excluding carboxylic acids is 1. The van der Waals surface area contributed by atoms with E-state index in [1.54, 1.807) is 16.7 Å². The summed E-state index contributed by atoms with van der Waals surface area (Å²) in [5, 5.41) is 2.90. The monoisotopic (exact) mass is 316 g/mol. The fourth-order valence-corrected chi connectivity index (χ4v) is 2.66. The third kappa shape index (κ3) is 2.50. The van der Waals surface area contributed by atoms with Crippen LogP contribution in [0.25, 0.3) is 11.1 Å². The lowest BCUT2D eigenvalue weighted by atomic mass is 10.2. The summed E-state index contributed by atoms with van der Waals surface area (Å²) in [6.07, 6.45) is 3.45. The van der Waals surface area contributed by atoms with Crippen LogP contribution in [-0.4, -0.2) is 16.5 Å². The number of halogens is 2. The van der Waals surface area contributed by atoms with Gasteiger partial charge >= 0.3 is 0 Å². The summed E-state index contributed by atoms with van der Waals surface area (Å²) < 4.78 is 34.4. The summed E-state index contributed by atoms with van der Waals surface area (Å²) in [4.78, 5) is 12.4. The summed E-state index contributed by atoms with van der Waals surface area (Å²) in [6, 6.07) is 7.58. The second-order valence-corrected chi connectivity index (χ2v) is 5.75. The van der Waals surface area contributed by atoms with Crippen LogP contribution in [0.1, 0.15) is 28.9 Å². The normalized spacial score (nSPS) is 14.3. The number of furan rings is 1. The molecule has 0 saturated heterocycles. The largest absolute Gasteiger partial charge is 0.463 e. The van der Waals surface area contributed by atoms with Gasteiger partial charge in [-0.2, -0.15) is 0 Å². The Morgan fingerprint density at radius 3 is 2.91 bits per heavy atom. The molecule has 2 heterocycles. The number of fused-ring (bicyclic) bond motifs is 1. The number of aromatic nitrogens is 1. The van der Waals surface area contributed by atoms with Gasteiger partial charge in [0.25, 0.3) is 5.91 Å². The SMILES string of the molecule is O=C(NC1CC1)c1cc2occc2n1Cc1cccc(F)c1F. The van der Waals surface area contributed by atoms with E-state index >= 15 is 0 Å². The Labute approximate surface area is 130 Å². The number of hydrogen-bond donors (Lipinski definition) is 1. The molecule has 0 aliphatic heterocycles. The quantitative estimate of drug-likeness (QED) is 0.801. The standard InChI is InChI=1S/C17H14F2N2O2/c18-12-3-1-2-10(16(12)19)9-21-13-6-7-23-15(13)8-14(21)17(22)20-11-4-5-11/h1-3,6-8,11H,4-5,9H2,(H,20,22). The molecule has 1 N–H and O–H groups in total. The molecule has 23 heavy (non-hydrogen) atoms. The van der Waals surface area contributed by atoms with E-state index in [0.717, 1.165) is 18.9 Å². The first-order chi connectivity index (χ1) is 11.1. The second-order valence-electron chi connectivity index (χ2n) is 5.75. The van der Waals surface area contributed by atoms with Crippen molar-refractivity contribution in [2.45, 2.75) is 25.4 Å². The molecule has 3 aromatic rings. The van der Waals surface area contributed by atoms with E-state index in [2.05, 4.69) is 5.32 Å². The van der Waals surface area contributed by atoms with Crippen LogP contribution in [0.5, 0.6) is 0 Å². The van der Waals surface area contributed by atoms with Crippen molar-refractivity contribution in [3.05, 3.63) is 59.5 Å². The van der Waals surface area contributed by atoms with E-state index in [-0.39, 0.29) is 24.1 Å². The Morgan fingerprint density at radius 1 is 1.30 bits per heavy atom. The van der Waals surface area contributed by atoms with Gasteiger partial charge in [0.2, 0.25) is 0 Å². The highest BCUT2D eigenvalue weighted by molar-refractivity contribution is 5.97. The predicted molar refractivity (Wildman–Crippen MR) is 80.2 cm³/mol. The molecule has 4 rings (SSSR count). The number of nitrogens with zero attached hydrogens (tertiary/aromatic N) is 1. The zero-order valence-electron chi connectivity index (χ0n) is 12.2. The van der Waals surface area contributed by atoms with Gasteiger partial charge in [0.15, 0.2) is 17.2 Å². The van der Waals surface area contributed by atoms with Gasteiger partial charge in [0.1, 0.15) is 5.69 Å². The molecular weight excluding hydrogens is 302 g/mol. The molecule has 4 nitrogen and oxygen atoms in total. The molecule has 0 atom stereocenters. The first kappa shape index (κ1) is 14.0. The van der Waals surface area contributed by atoms with Crippen molar-refractivity contribution in [3.63, 3.8) is 0 Å². The lowest BCUT2D eigenvalue weighted by molar-refractivity contribution is 0.0942. The minimum Gasteiger partial charge on any atom is -0.463 e. The Balaban J connectivity index is 1.76. The van der Waals surface area contributed by atoms with Crippen LogP contribution in [0.2, 0.25) is 0 Å². The van der Waals surface area contributed by atoms with Crippen LogP contribution in [0.3, 0.4) is 0 Å². The van der Waals surface area contributed by atoms with Crippen LogP contribution in [-0.2, 0) is 6.54 Å². The number of hydrogen-bond acceptors (Lipinski definition) is 2. The number of rotatable bonds is 4. The Hall–Kier alpha value is -2.63. The molecule has 1 fully saturated rings. The van der Waals surface area contributed by atoms with Crippen molar-refractivity contribution in [2.24, 2.45) is 0 Å². The molecule has 1 aromatic carbocycles. The van der Waals surface area contributed by atoms with Crippen LogP contribution < -0.4 is 5.32 Å². The maximum Gasteiger partial charge on any atom is 0.268 e. The van der Waals surface area contributed by atoms with E-state index < -0.39 is 11.6 Å². The topological polar surface area (TPSA) is 47.2 Å². The molecule has 6 heteroatoms. The van der Waals surface area contributed by atoms with Crippen molar-refractivity contribution < 1.29 is 18.0 Å². The minimum absolute atomic E-state index is 0.0556. The third-order valence-corrected chi connectivity index (χ3v) is 4.03. The zero-order chi connectivity index (χ0) is 16.0. The lowest BCUT2D eigenvalue weighted by Crippen LogP contribution is -2.28. The molecule has 1 saturated carbocycles. The number of nitrogens with one attached hydrogen (secondary N) is 1. The maximum absolute atomic E-state index is 14.0. The second kappa shape index (κ2) is 5.22. The lowest BCUT2D eigenvalue weighted by Gasteiger charge is -2.11. The van der Waals surface area contributed by atoms with E-state index in [1.165, 1.54) is 18.4 Å². The summed E-state index contributed by atoms with van der Waals surface area (Å²) in [5.41, 5.74) is 1.79. The van der Waals surface area contributed by atoms with Gasteiger partial charge < -0.3 is 14.3 Å². The molecule has 1 amide bonds. The zero-order valence-corrected chi connectivity index (χ0v) is 12.2. The molecular formula is C17H14F2N2O2. The average molecular weight is 316 g/mol. The van der Waals surface area contributed by atoms with Gasteiger partial charge in [-0.1, -0.05) is 12.1 Å². The van der Waals surface area contributed by atoms with Crippen molar-refractivity contribution >= 4 is 17.0 Å². The number of amides is 1. The smallest absolute Gasteiger partial charge is 0.268 e. The first-order valence-electron chi connectivity index (χ1n) is 7.44. The summed E-state index contributed by atoms with van der Waals surface area (Å²) in [6.45, 7) is 0.0556.